The Bertz CT molecular complexity index is 549. The van der Waals surface area contributed by atoms with Crippen LogP contribution in [-0.2, 0) is 10.0 Å². The predicted octanol–water partition coefficient (Wildman–Crippen LogP) is 2.18. The van der Waals surface area contributed by atoms with Gasteiger partial charge in [0.15, 0.2) is 0 Å². The van der Waals surface area contributed by atoms with Crippen molar-refractivity contribution in [3.63, 3.8) is 0 Å². The van der Waals surface area contributed by atoms with Gasteiger partial charge in [-0.2, -0.15) is 4.31 Å². The number of aromatic nitrogens is 1. The lowest BCUT2D eigenvalue weighted by Gasteiger charge is -2.34. The first kappa shape index (κ1) is 15.3. The molecule has 0 saturated carbocycles. The summed E-state index contributed by atoms with van der Waals surface area (Å²) in [4.78, 5) is 4.31. The highest BCUT2D eigenvalue weighted by Crippen LogP contribution is 2.27. The van der Waals surface area contributed by atoms with Gasteiger partial charge in [0.05, 0.1) is 11.9 Å². The van der Waals surface area contributed by atoms with Crippen LogP contribution in [0.15, 0.2) is 23.4 Å². The normalized spacial score (nSPS) is 24.6. The summed E-state index contributed by atoms with van der Waals surface area (Å²) >= 11 is 0. The maximum absolute atomic E-state index is 12.7. The van der Waals surface area contributed by atoms with E-state index in [0.29, 0.717) is 24.9 Å². The van der Waals surface area contributed by atoms with Gasteiger partial charge in [-0.05, 0) is 31.2 Å². The molecule has 2 heterocycles. The molecule has 1 aliphatic heterocycles. The summed E-state index contributed by atoms with van der Waals surface area (Å²) in [6.07, 6.45) is 4.16. The van der Waals surface area contributed by atoms with E-state index in [1.165, 1.54) is 6.20 Å². The molecule has 0 spiro atoms. The molecule has 0 aromatic carbocycles. The number of rotatable bonds is 4. The van der Waals surface area contributed by atoms with E-state index in [4.69, 9.17) is 0 Å². The van der Waals surface area contributed by atoms with E-state index < -0.39 is 10.0 Å². The molecule has 5 nitrogen and oxygen atoms in total. The molecule has 2 atom stereocenters. The molecular weight excluding hydrogens is 274 g/mol. The molecule has 0 aliphatic carbocycles. The van der Waals surface area contributed by atoms with Crippen LogP contribution in [0.5, 0.6) is 0 Å². The van der Waals surface area contributed by atoms with Gasteiger partial charge in [-0.15, -0.1) is 0 Å². The largest absolute Gasteiger partial charge is 0.384 e. The lowest BCUT2D eigenvalue weighted by atomic mass is 9.94. The van der Waals surface area contributed by atoms with Crippen molar-refractivity contribution in [1.82, 2.24) is 9.29 Å². The van der Waals surface area contributed by atoms with Crippen LogP contribution in [0.2, 0.25) is 0 Å². The van der Waals surface area contributed by atoms with Crippen molar-refractivity contribution in [1.29, 1.82) is 0 Å². The lowest BCUT2D eigenvalue weighted by Crippen LogP contribution is -2.42. The summed E-state index contributed by atoms with van der Waals surface area (Å²) in [6.45, 7) is 8.10. The summed E-state index contributed by atoms with van der Waals surface area (Å²) in [7, 11) is -3.44. The Balaban J connectivity index is 2.27. The van der Waals surface area contributed by atoms with Gasteiger partial charge in [-0.3, -0.25) is 4.98 Å². The number of pyridine rings is 1. The van der Waals surface area contributed by atoms with Crippen LogP contribution in [0.3, 0.4) is 0 Å². The molecule has 1 saturated heterocycles. The Morgan fingerprint density at radius 3 is 2.55 bits per heavy atom. The van der Waals surface area contributed by atoms with Crippen molar-refractivity contribution in [2.24, 2.45) is 11.8 Å². The Morgan fingerprint density at radius 2 is 1.95 bits per heavy atom. The fourth-order valence-electron chi connectivity index (χ4n) is 2.81. The number of nitrogens with zero attached hydrogens (tertiary/aromatic N) is 2. The van der Waals surface area contributed by atoms with Gasteiger partial charge in [-0.25, -0.2) is 8.42 Å². The van der Waals surface area contributed by atoms with Gasteiger partial charge >= 0.3 is 0 Å². The summed E-state index contributed by atoms with van der Waals surface area (Å²) in [5.41, 5.74) is 0.742. The molecule has 0 radical (unpaired) electrons. The van der Waals surface area contributed by atoms with E-state index in [0.717, 1.165) is 18.7 Å². The van der Waals surface area contributed by atoms with E-state index >= 15 is 0 Å². The van der Waals surface area contributed by atoms with E-state index in [9.17, 15) is 8.42 Å². The van der Waals surface area contributed by atoms with Crippen LogP contribution in [-0.4, -0.2) is 37.3 Å². The topological polar surface area (TPSA) is 62.3 Å². The first-order valence-electron chi connectivity index (χ1n) is 7.12. The summed E-state index contributed by atoms with van der Waals surface area (Å²) in [5, 5.41) is 3.10. The second-order valence-corrected chi connectivity index (χ2v) is 7.65. The average molecular weight is 297 g/mol. The van der Waals surface area contributed by atoms with Crippen molar-refractivity contribution in [3.8, 4) is 0 Å². The first-order chi connectivity index (χ1) is 9.43. The third-order valence-electron chi connectivity index (χ3n) is 3.57. The second-order valence-electron chi connectivity index (χ2n) is 5.71. The third-order valence-corrected chi connectivity index (χ3v) is 5.36. The molecule has 2 rings (SSSR count). The van der Waals surface area contributed by atoms with Crippen LogP contribution >= 0.6 is 0 Å². The van der Waals surface area contributed by atoms with Gasteiger partial charge in [0, 0.05) is 25.8 Å². The van der Waals surface area contributed by atoms with Crippen LogP contribution in [0.4, 0.5) is 5.69 Å². The van der Waals surface area contributed by atoms with E-state index in [1.807, 2.05) is 6.92 Å². The standard InChI is InChI=1S/C14H23N3O2S/c1-4-16-13-6-14(8-15-7-13)20(18,19)17-9-11(2)5-12(3)10-17/h6-8,11-12,16H,4-5,9-10H2,1-3H3. The lowest BCUT2D eigenvalue weighted by molar-refractivity contribution is 0.222. The fraction of sp³-hybridized carbons (Fsp3) is 0.643. The van der Waals surface area contributed by atoms with Gasteiger partial charge in [-0.1, -0.05) is 13.8 Å². The molecule has 1 aromatic rings. The number of anilines is 1. The Labute approximate surface area is 121 Å². The smallest absolute Gasteiger partial charge is 0.244 e. The molecule has 0 bridgehead atoms. The van der Waals surface area contributed by atoms with Crippen LogP contribution < -0.4 is 5.32 Å². The number of sulfonamides is 1. The zero-order valence-electron chi connectivity index (χ0n) is 12.3. The summed E-state index contributed by atoms with van der Waals surface area (Å²) < 4.78 is 27.0. The van der Waals surface area contributed by atoms with Crippen molar-refractivity contribution in [2.45, 2.75) is 32.1 Å². The quantitative estimate of drug-likeness (QED) is 0.925. The van der Waals surface area contributed by atoms with E-state index in [2.05, 4.69) is 24.1 Å². The minimum absolute atomic E-state index is 0.275. The van der Waals surface area contributed by atoms with Crippen molar-refractivity contribution in [3.05, 3.63) is 18.5 Å². The maximum atomic E-state index is 12.7. The number of piperidine rings is 1. The van der Waals surface area contributed by atoms with Gasteiger partial charge in [0.25, 0.3) is 0 Å². The highest BCUT2D eigenvalue weighted by atomic mass is 32.2. The predicted molar refractivity (Wildman–Crippen MR) is 80.1 cm³/mol. The van der Waals surface area contributed by atoms with Crippen LogP contribution in [0.25, 0.3) is 0 Å². The molecule has 1 aliphatic rings. The first-order valence-corrected chi connectivity index (χ1v) is 8.56. The SMILES string of the molecule is CCNc1cncc(S(=O)(=O)N2CC(C)CC(C)C2)c1. The number of hydrogen-bond acceptors (Lipinski definition) is 4. The van der Waals surface area contributed by atoms with E-state index in [1.54, 1.807) is 16.6 Å². The monoisotopic (exact) mass is 297 g/mol. The van der Waals surface area contributed by atoms with Crippen LogP contribution in [0.1, 0.15) is 27.2 Å². The molecular formula is C14H23N3O2S. The molecule has 0 amide bonds. The third kappa shape index (κ3) is 3.30. The average Bonchev–Trinajstić information content (AvgIpc) is 2.38. The van der Waals surface area contributed by atoms with E-state index in [-0.39, 0.29) is 4.90 Å². The molecule has 20 heavy (non-hydrogen) atoms. The molecule has 1 aromatic heterocycles. The van der Waals surface area contributed by atoms with Gasteiger partial charge in [0.1, 0.15) is 4.90 Å². The molecule has 6 heteroatoms. The van der Waals surface area contributed by atoms with Crippen molar-refractivity contribution >= 4 is 15.7 Å². The zero-order valence-corrected chi connectivity index (χ0v) is 13.2. The molecule has 2 unspecified atom stereocenters. The minimum atomic E-state index is -3.44. The van der Waals surface area contributed by atoms with Gasteiger partial charge < -0.3 is 5.32 Å². The molecule has 1 N–H and O–H groups in total. The zero-order chi connectivity index (χ0) is 14.8. The molecule has 112 valence electrons. The summed E-state index contributed by atoms with van der Waals surface area (Å²) in [5.74, 6) is 0.803. The number of hydrogen-bond donors (Lipinski definition) is 1. The number of nitrogens with one attached hydrogen (secondary N) is 1. The second kappa shape index (κ2) is 6.10. The highest BCUT2D eigenvalue weighted by molar-refractivity contribution is 7.89. The Kier molecular flexibility index (Phi) is 4.65. The minimum Gasteiger partial charge on any atom is -0.384 e. The highest BCUT2D eigenvalue weighted by Gasteiger charge is 2.31. The summed E-state index contributed by atoms with van der Waals surface area (Å²) in [6, 6.07) is 1.66. The Hall–Kier alpha value is -1.14. The fourth-order valence-corrected chi connectivity index (χ4v) is 4.48. The van der Waals surface area contributed by atoms with Crippen molar-refractivity contribution < 1.29 is 8.42 Å². The molecule has 1 fully saturated rings. The maximum Gasteiger partial charge on any atom is 0.244 e. The Morgan fingerprint density at radius 1 is 1.30 bits per heavy atom. The van der Waals surface area contributed by atoms with Crippen molar-refractivity contribution in [2.75, 3.05) is 25.0 Å². The van der Waals surface area contributed by atoms with Crippen LogP contribution in [0, 0.1) is 11.8 Å². The van der Waals surface area contributed by atoms with Gasteiger partial charge in [0.2, 0.25) is 10.0 Å².